The smallest absolute Gasteiger partial charge is 0.249 e. The first kappa shape index (κ1) is 21.8. The number of carbonyl (C=O) groups is 3. The van der Waals surface area contributed by atoms with Crippen LogP contribution in [0.1, 0.15) is 17.2 Å². The largest absolute Gasteiger partial charge is 0.324 e. The first-order valence-electron chi connectivity index (χ1n) is 11.0. The van der Waals surface area contributed by atoms with E-state index in [1.807, 2.05) is 30.3 Å². The molecule has 0 unspecified atom stereocenters. The van der Waals surface area contributed by atoms with Gasteiger partial charge in [0, 0.05) is 15.7 Å². The van der Waals surface area contributed by atoms with Crippen molar-refractivity contribution in [3.63, 3.8) is 0 Å². The number of rotatable bonds is 3. The predicted octanol–water partition coefficient (Wildman–Crippen LogP) is 4.51. The molecule has 3 aliphatic heterocycles. The summed E-state index contributed by atoms with van der Waals surface area (Å²) in [6, 6.07) is 19.6. The lowest BCUT2D eigenvalue weighted by Gasteiger charge is -2.33. The SMILES string of the molecule is O=C(Nc1ccccc1)[C@H]1[C@H]2C(=O)N(c3cc(Cl)cc(Cl)c3)C(=O)[C@H]2[C@@H]2c3ccccc3C=NN12. The molecule has 0 bridgehead atoms. The summed E-state index contributed by atoms with van der Waals surface area (Å²) in [4.78, 5) is 42.3. The molecule has 2 saturated heterocycles. The van der Waals surface area contributed by atoms with Crippen LogP contribution in [0.3, 0.4) is 0 Å². The second kappa shape index (κ2) is 8.22. The summed E-state index contributed by atoms with van der Waals surface area (Å²) in [6.07, 6.45) is 1.67. The normalized spacial score (nSPS) is 24.3. The molecule has 0 spiro atoms. The number of hydrogen-bond acceptors (Lipinski definition) is 5. The lowest BCUT2D eigenvalue weighted by atomic mass is 9.85. The molecule has 0 aliphatic carbocycles. The number of nitrogens with one attached hydrogen (secondary N) is 1. The Morgan fingerprint density at radius 3 is 2.26 bits per heavy atom. The van der Waals surface area contributed by atoms with Gasteiger partial charge in [-0.15, -0.1) is 0 Å². The Labute approximate surface area is 210 Å². The second-order valence-corrected chi connectivity index (χ2v) is 9.56. The minimum atomic E-state index is -0.981. The summed E-state index contributed by atoms with van der Waals surface area (Å²) >= 11 is 12.3. The zero-order valence-corrected chi connectivity index (χ0v) is 19.6. The number of imide groups is 1. The Hall–Kier alpha value is -3.68. The highest BCUT2D eigenvalue weighted by Crippen LogP contribution is 2.52. The number of anilines is 2. The van der Waals surface area contributed by atoms with Crippen LogP contribution in [0.5, 0.6) is 0 Å². The van der Waals surface area contributed by atoms with Gasteiger partial charge in [-0.05, 0) is 41.5 Å². The van der Waals surface area contributed by atoms with Gasteiger partial charge >= 0.3 is 0 Å². The van der Waals surface area contributed by atoms with E-state index in [2.05, 4.69) is 10.4 Å². The van der Waals surface area contributed by atoms with E-state index < -0.39 is 41.6 Å². The van der Waals surface area contributed by atoms with Gasteiger partial charge in [-0.3, -0.25) is 19.4 Å². The number of amides is 3. The van der Waals surface area contributed by atoms with Crippen molar-refractivity contribution in [2.45, 2.75) is 12.1 Å². The minimum absolute atomic E-state index is 0.285. The first-order chi connectivity index (χ1) is 16.9. The summed E-state index contributed by atoms with van der Waals surface area (Å²) in [5.74, 6) is -3.02. The van der Waals surface area contributed by atoms with Crippen molar-refractivity contribution >= 4 is 58.5 Å². The van der Waals surface area contributed by atoms with Crippen LogP contribution in [-0.2, 0) is 14.4 Å². The Kier molecular flexibility index (Phi) is 5.12. The average molecular weight is 505 g/mol. The van der Waals surface area contributed by atoms with E-state index in [0.717, 1.165) is 16.0 Å². The van der Waals surface area contributed by atoms with Crippen LogP contribution in [0.4, 0.5) is 11.4 Å². The maximum Gasteiger partial charge on any atom is 0.249 e. The molecule has 3 amide bonds. The third kappa shape index (κ3) is 3.42. The van der Waals surface area contributed by atoms with E-state index >= 15 is 0 Å². The molecule has 35 heavy (non-hydrogen) atoms. The van der Waals surface area contributed by atoms with E-state index in [9.17, 15) is 14.4 Å². The molecule has 0 saturated carbocycles. The van der Waals surface area contributed by atoms with Gasteiger partial charge in [-0.25, -0.2) is 4.90 Å². The predicted molar refractivity (Wildman–Crippen MR) is 133 cm³/mol. The zero-order valence-electron chi connectivity index (χ0n) is 18.1. The number of hydrazone groups is 1. The highest BCUT2D eigenvalue weighted by atomic mass is 35.5. The molecule has 0 radical (unpaired) electrons. The van der Waals surface area contributed by atoms with Crippen molar-refractivity contribution in [2.24, 2.45) is 16.9 Å². The zero-order chi connectivity index (χ0) is 24.3. The molecule has 3 heterocycles. The fourth-order valence-electron chi connectivity index (χ4n) is 5.33. The molecule has 1 N–H and O–H groups in total. The molecule has 7 nitrogen and oxygen atoms in total. The topological polar surface area (TPSA) is 82.1 Å². The molecule has 2 fully saturated rings. The van der Waals surface area contributed by atoms with Crippen molar-refractivity contribution in [1.82, 2.24) is 5.01 Å². The van der Waals surface area contributed by atoms with Gasteiger partial charge in [0.2, 0.25) is 17.7 Å². The maximum atomic E-state index is 13.8. The molecule has 6 rings (SSSR count). The molecule has 3 aromatic rings. The van der Waals surface area contributed by atoms with E-state index in [1.54, 1.807) is 35.5 Å². The maximum absolute atomic E-state index is 13.8. The van der Waals surface area contributed by atoms with Gasteiger partial charge in [0.1, 0.15) is 6.04 Å². The summed E-state index contributed by atoms with van der Waals surface area (Å²) in [7, 11) is 0. The van der Waals surface area contributed by atoms with Crippen LogP contribution in [0.15, 0.2) is 77.9 Å². The molecular formula is C26H18Cl2N4O3. The second-order valence-electron chi connectivity index (χ2n) is 8.69. The average Bonchev–Trinajstić information content (AvgIpc) is 3.31. The van der Waals surface area contributed by atoms with Gasteiger partial charge in [0.15, 0.2) is 0 Å². The molecule has 3 aliphatic rings. The Morgan fingerprint density at radius 1 is 0.857 bits per heavy atom. The van der Waals surface area contributed by atoms with Crippen LogP contribution >= 0.6 is 23.2 Å². The Morgan fingerprint density at radius 2 is 1.51 bits per heavy atom. The first-order valence-corrected chi connectivity index (χ1v) is 11.8. The third-order valence-electron chi connectivity index (χ3n) is 6.71. The van der Waals surface area contributed by atoms with E-state index in [1.165, 1.54) is 18.2 Å². The number of halogens is 2. The molecule has 9 heteroatoms. The monoisotopic (exact) mass is 504 g/mol. The van der Waals surface area contributed by atoms with E-state index in [4.69, 9.17) is 23.2 Å². The Bertz CT molecular complexity index is 1390. The number of para-hydroxylation sites is 1. The highest BCUT2D eigenvalue weighted by molar-refractivity contribution is 6.36. The fraction of sp³-hybridized carbons (Fsp3) is 0.154. The molecule has 174 valence electrons. The van der Waals surface area contributed by atoms with E-state index in [0.29, 0.717) is 15.7 Å². The van der Waals surface area contributed by atoms with Crippen molar-refractivity contribution < 1.29 is 14.4 Å². The van der Waals surface area contributed by atoms with Gasteiger partial charge < -0.3 is 5.32 Å². The van der Waals surface area contributed by atoms with Crippen LogP contribution in [0, 0.1) is 11.8 Å². The number of fused-ring (bicyclic) bond motifs is 5. The van der Waals surface area contributed by atoms with Crippen molar-refractivity contribution in [2.75, 3.05) is 10.2 Å². The lowest BCUT2D eigenvalue weighted by Crippen LogP contribution is -2.46. The van der Waals surface area contributed by atoms with Crippen molar-refractivity contribution in [1.29, 1.82) is 0 Å². The number of nitrogens with zero attached hydrogens (tertiary/aromatic N) is 3. The minimum Gasteiger partial charge on any atom is -0.324 e. The fourth-order valence-corrected chi connectivity index (χ4v) is 5.84. The molecule has 0 aromatic heterocycles. The molecule has 4 atom stereocenters. The highest BCUT2D eigenvalue weighted by Gasteiger charge is 2.65. The summed E-state index contributed by atoms with van der Waals surface area (Å²) in [5.41, 5.74) is 2.57. The van der Waals surface area contributed by atoms with Gasteiger partial charge in [0.05, 0.1) is 29.8 Å². The summed E-state index contributed by atoms with van der Waals surface area (Å²) < 4.78 is 0. The lowest BCUT2D eigenvalue weighted by molar-refractivity contribution is -0.129. The number of carbonyl (C=O) groups excluding carboxylic acids is 3. The third-order valence-corrected chi connectivity index (χ3v) is 7.15. The van der Waals surface area contributed by atoms with Crippen LogP contribution in [0.25, 0.3) is 0 Å². The molecule has 3 aromatic carbocycles. The standard InChI is InChI=1S/C26H18Cl2N4O3/c27-15-10-16(28)12-18(11-15)31-25(34)20-21(26(31)35)23(24(33)30-17-7-2-1-3-8-17)32-22(20)19-9-5-4-6-14(19)13-29-32/h1-13,20-23H,(H,30,33)/t20-,21+,22+,23-/m1/s1. The van der Waals surface area contributed by atoms with Crippen LogP contribution < -0.4 is 10.2 Å². The van der Waals surface area contributed by atoms with Gasteiger partial charge in [0.25, 0.3) is 0 Å². The van der Waals surface area contributed by atoms with Crippen molar-refractivity contribution in [3.8, 4) is 0 Å². The quantitative estimate of drug-likeness (QED) is 0.532. The van der Waals surface area contributed by atoms with E-state index in [-0.39, 0.29) is 5.69 Å². The van der Waals surface area contributed by atoms with Crippen LogP contribution in [-0.4, -0.2) is 35.0 Å². The van der Waals surface area contributed by atoms with Gasteiger partial charge in [-0.2, -0.15) is 5.10 Å². The van der Waals surface area contributed by atoms with Crippen molar-refractivity contribution in [3.05, 3.63) is 94.0 Å². The van der Waals surface area contributed by atoms with Gasteiger partial charge in [-0.1, -0.05) is 65.7 Å². The molecular weight excluding hydrogens is 487 g/mol. The number of hydrogen-bond donors (Lipinski definition) is 1. The summed E-state index contributed by atoms with van der Waals surface area (Å²) in [5, 5.41) is 9.63. The van der Waals surface area contributed by atoms with Crippen LogP contribution in [0.2, 0.25) is 10.0 Å². The Balaban J connectivity index is 1.46. The summed E-state index contributed by atoms with van der Waals surface area (Å²) in [6.45, 7) is 0. The number of benzene rings is 3.